The summed E-state index contributed by atoms with van der Waals surface area (Å²) in [5.41, 5.74) is 3.14. The second-order valence-electron chi connectivity index (χ2n) is 5.32. The van der Waals surface area contributed by atoms with Crippen molar-refractivity contribution in [3.63, 3.8) is 0 Å². The van der Waals surface area contributed by atoms with E-state index in [4.69, 9.17) is 13.9 Å². The van der Waals surface area contributed by atoms with Crippen molar-refractivity contribution in [3.8, 4) is 22.8 Å². The normalized spacial score (nSPS) is 10.3. The molecule has 6 nitrogen and oxygen atoms in total. The Labute approximate surface area is 145 Å². The number of hydrogen-bond donors (Lipinski definition) is 1. The van der Waals surface area contributed by atoms with Gasteiger partial charge < -0.3 is 19.2 Å². The molecule has 1 N–H and O–H groups in total. The van der Waals surface area contributed by atoms with Gasteiger partial charge in [-0.1, -0.05) is 6.07 Å². The molecule has 3 aromatic rings. The van der Waals surface area contributed by atoms with Crippen LogP contribution < -0.4 is 14.8 Å². The molecule has 0 spiro atoms. The second kappa shape index (κ2) is 7.53. The van der Waals surface area contributed by atoms with Crippen LogP contribution in [0.4, 0.5) is 0 Å². The molecule has 128 valence electrons. The number of methoxy groups -OCH3 is 2. The van der Waals surface area contributed by atoms with E-state index in [9.17, 15) is 4.79 Å². The lowest BCUT2D eigenvalue weighted by molar-refractivity contribution is 0.0950. The van der Waals surface area contributed by atoms with Crippen molar-refractivity contribution < 1.29 is 18.7 Å². The van der Waals surface area contributed by atoms with Crippen LogP contribution >= 0.6 is 0 Å². The SMILES string of the molecule is COc1ccc(C(=O)NCc2ccc(-c3ccoc3)nc2)cc1OC. The Morgan fingerprint density at radius 1 is 1.12 bits per heavy atom. The summed E-state index contributed by atoms with van der Waals surface area (Å²) in [5.74, 6) is 0.902. The predicted molar refractivity (Wildman–Crippen MR) is 92.7 cm³/mol. The molecule has 0 unspecified atom stereocenters. The van der Waals surface area contributed by atoms with Crippen molar-refractivity contribution in [1.29, 1.82) is 0 Å². The topological polar surface area (TPSA) is 73.6 Å². The second-order valence-corrected chi connectivity index (χ2v) is 5.32. The minimum Gasteiger partial charge on any atom is -0.493 e. The lowest BCUT2D eigenvalue weighted by Gasteiger charge is -2.10. The van der Waals surface area contributed by atoms with Gasteiger partial charge in [-0.05, 0) is 35.9 Å². The molecule has 1 amide bonds. The Hall–Kier alpha value is -3.28. The van der Waals surface area contributed by atoms with E-state index in [0.29, 0.717) is 23.6 Å². The van der Waals surface area contributed by atoms with E-state index >= 15 is 0 Å². The van der Waals surface area contributed by atoms with Crippen LogP contribution in [0.15, 0.2) is 59.5 Å². The van der Waals surface area contributed by atoms with Crippen LogP contribution in [0.2, 0.25) is 0 Å². The summed E-state index contributed by atoms with van der Waals surface area (Å²) in [6.45, 7) is 0.381. The molecule has 2 heterocycles. The van der Waals surface area contributed by atoms with Crippen LogP contribution in [0.25, 0.3) is 11.3 Å². The number of nitrogens with zero attached hydrogens (tertiary/aromatic N) is 1. The highest BCUT2D eigenvalue weighted by atomic mass is 16.5. The highest BCUT2D eigenvalue weighted by Crippen LogP contribution is 2.27. The van der Waals surface area contributed by atoms with E-state index in [-0.39, 0.29) is 5.91 Å². The molecule has 0 radical (unpaired) electrons. The maximum atomic E-state index is 12.3. The standard InChI is InChI=1S/C19H18N2O4/c1-23-17-6-4-14(9-18(17)24-2)19(22)21-11-13-3-5-16(20-10-13)15-7-8-25-12-15/h3-10,12H,11H2,1-2H3,(H,21,22). The Morgan fingerprint density at radius 2 is 1.96 bits per heavy atom. The largest absolute Gasteiger partial charge is 0.493 e. The van der Waals surface area contributed by atoms with Crippen LogP contribution in [0.3, 0.4) is 0 Å². The van der Waals surface area contributed by atoms with Crippen LogP contribution in [0, 0.1) is 0 Å². The summed E-state index contributed by atoms with van der Waals surface area (Å²) in [6.07, 6.45) is 4.98. The maximum absolute atomic E-state index is 12.3. The van der Waals surface area contributed by atoms with Gasteiger partial charge in [-0.15, -0.1) is 0 Å². The van der Waals surface area contributed by atoms with Crippen molar-refractivity contribution in [1.82, 2.24) is 10.3 Å². The molecule has 0 fully saturated rings. The summed E-state index contributed by atoms with van der Waals surface area (Å²) in [7, 11) is 3.09. The Morgan fingerprint density at radius 3 is 2.60 bits per heavy atom. The molecular formula is C19H18N2O4. The Bertz CT molecular complexity index is 842. The third-order valence-corrected chi connectivity index (χ3v) is 3.74. The molecule has 0 saturated carbocycles. The average Bonchev–Trinajstić information content (AvgIpc) is 3.20. The molecule has 0 saturated heterocycles. The van der Waals surface area contributed by atoms with Crippen molar-refractivity contribution in [3.05, 3.63) is 66.2 Å². The van der Waals surface area contributed by atoms with E-state index in [2.05, 4.69) is 10.3 Å². The third kappa shape index (κ3) is 3.80. The van der Waals surface area contributed by atoms with Gasteiger partial charge in [-0.2, -0.15) is 0 Å². The van der Waals surface area contributed by atoms with Gasteiger partial charge in [-0.25, -0.2) is 0 Å². The lowest BCUT2D eigenvalue weighted by Crippen LogP contribution is -2.22. The number of carbonyl (C=O) groups is 1. The Balaban J connectivity index is 1.64. The fourth-order valence-corrected chi connectivity index (χ4v) is 2.37. The van der Waals surface area contributed by atoms with E-state index in [1.807, 2.05) is 18.2 Å². The fraction of sp³-hybridized carbons (Fsp3) is 0.158. The van der Waals surface area contributed by atoms with E-state index < -0.39 is 0 Å². The first-order valence-corrected chi connectivity index (χ1v) is 7.69. The maximum Gasteiger partial charge on any atom is 0.251 e. The van der Waals surface area contributed by atoms with E-state index in [1.165, 1.54) is 7.11 Å². The van der Waals surface area contributed by atoms with E-state index in [1.54, 1.807) is 44.0 Å². The summed E-state index contributed by atoms with van der Waals surface area (Å²) in [6, 6.07) is 10.7. The first kappa shape index (κ1) is 16.6. The van der Waals surface area contributed by atoms with Crippen LogP contribution in [0.1, 0.15) is 15.9 Å². The van der Waals surface area contributed by atoms with Gasteiger partial charge in [0.05, 0.1) is 32.4 Å². The van der Waals surface area contributed by atoms with Crippen LogP contribution in [-0.2, 0) is 6.54 Å². The number of pyridine rings is 1. The summed E-state index contributed by atoms with van der Waals surface area (Å²) >= 11 is 0. The first-order valence-electron chi connectivity index (χ1n) is 7.69. The third-order valence-electron chi connectivity index (χ3n) is 3.74. The van der Waals surface area contributed by atoms with E-state index in [0.717, 1.165) is 16.8 Å². The molecule has 0 bridgehead atoms. The zero-order valence-corrected chi connectivity index (χ0v) is 14.0. The van der Waals surface area contributed by atoms with Crippen molar-refractivity contribution in [2.75, 3.05) is 14.2 Å². The zero-order chi connectivity index (χ0) is 17.6. The molecular weight excluding hydrogens is 320 g/mol. The molecule has 0 aliphatic rings. The van der Waals surface area contributed by atoms with Gasteiger partial charge in [0, 0.05) is 23.9 Å². The number of nitrogens with one attached hydrogen (secondary N) is 1. The van der Waals surface area contributed by atoms with Crippen molar-refractivity contribution in [2.45, 2.75) is 6.54 Å². The highest BCUT2D eigenvalue weighted by molar-refractivity contribution is 5.94. The molecule has 0 aliphatic heterocycles. The number of furan rings is 1. The van der Waals surface area contributed by atoms with Gasteiger partial charge in [0.1, 0.15) is 0 Å². The average molecular weight is 338 g/mol. The fourth-order valence-electron chi connectivity index (χ4n) is 2.37. The highest BCUT2D eigenvalue weighted by Gasteiger charge is 2.10. The summed E-state index contributed by atoms with van der Waals surface area (Å²) < 4.78 is 15.4. The smallest absolute Gasteiger partial charge is 0.251 e. The monoisotopic (exact) mass is 338 g/mol. The van der Waals surface area contributed by atoms with Gasteiger partial charge in [0.15, 0.2) is 11.5 Å². The number of ether oxygens (including phenoxy) is 2. The quantitative estimate of drug-likeness (QED) is 0.746. The van der Waals surface area contributed by atoms with Crippen LogP contribution in [0.5, 0.6) is 11.5 Å². The molecule has 6 heteroatoms. The number of rotatable bonds is 6. The predicted octanol–water partition coefficient (Wildman–Crippen LogP) is 3.29. The van der Waals surface area contributed by atoms with Gasteiger partial charge in [0.25, 0.3) is 5.91 Å². The Kier molecular flexibility index (Phi) is 4.99. The summed E-state index contributed by atoms with van der Waals surface area (Å²) in [4.78, 5) is 16.7. The van der Waals surface area contributed by atoms with Crippen LogP contribution in [-0.4, -0.2) is 25.1 Å². The minimum absolute atomic E-state index is 0.195. The number of aromatic nitrogens is 1. The number of amides is 1. The molecule has 2 aromatic heterocycles. The molecule has 1 aromatic carbocycles. The number of carbonyl (C=O) groups excluding carboxylic acids is 1. The number of hydrogen-bond acceptors (Lipinski definition) is 5. The molecule has 0 aliphatic carbocycles. The molecule has 25 heavy (non-hydrogen) atoms. The minimum atomic E-state index is -0.195. The van der Waals surface area contributed by atoms with Gasteiger partial charge >= 0.3 is 0 Å². The molecule has 3 rings (SSSR count). The van der Waals surface area contributed by atoms with Crippen molar-refractivity contribution in [2.24, 2.45) is 0 Å². The summed E-state index contributed by atoms with van der Waals surface area (Å²) in [5, 5.41) is 2.86. The first-order chi connectivity index (χ1) is 12.2. The lowest BCUT2D eigenvalue weighted by atomic mass is 10.1. The number of benzene rings is 1. The van der Waals surface area contributed by atoms with Gasteiger partial charge in [0.2, 0.25) is 0 Å². The molecule has 0 atom stereocenters. The van der Waals surface area contributed by atoms with Gasteiger partial charge in [-0.3, -0.25) is 9.78 Å². The zero-order valence-electron chi connectivity index (χ0n) is 14.0. The van der Waals surface area contributed by atoms with Crippen molar-refractivity contribution >= 4 is 5.91 Å².